The normalized spacial score (nSPS) is 17.5. The number of ether oxygens (including phenoxy) is 1. The van der Waals surface area contributed by atoms with E-state index in [0.717, 1.165) is 6.92 Å². The Hall–Kier alpha value is -5.03. The van der Waals surface area contributed by atoms with Crippen molar-refractivity contribution in [2.45, 2.75) is 31.9 Å². The van der Waals surface area contributed by atoms with Crippen LogP contribution in [0.1, 0.15) is 22.8 Å². The number of halogens is 3. The van der Waals surface area contributed by atoms with Crippen LogP contribution in [0.2, 0.25) is 0 Å². The molecule has 2 aliphatic heterocycles. The molecule has 2 atom stereocenters. The van der Waals surface area contributed by atoms with Gasteiger partial charge in [0.05, 0.1) is 6.61 Å². The van der Waals surface area contributed by atoms with Gasteiger partial charge in [-0.15, -0.1) is 0 Å². The molecule has 14 nitrogen and oxygen atoms in total. The largest absolute Gasteiger partial charge is 0.439 e. The highest BCUT2D eigenvalue weighted by atomic mass is 19.4. The monoisotopic (exact) mass is 605 g/mol. The molecule has 3 aromatic rings. The molecule has 2 aromatic carbocycles. The molecule has 0 spiro atoms. The Bertz CT molecular complexity index is 1620. The van der Waals surface area contributed by atoms with Crippen molar-refractivity contribution >= 4 is 35.1 Å². The van der Waals surface area contributed by atoms with E-state index >= 15 is 0 Å². The van der Waals surface area contributed by atoms with Crippen LogP contribution in [0.3, 0.4) is 0 Å². The number of benzene rings is 2. The Labute approximate surface area is 239 Å². The van der Waals surface area contributed by atoms with Crippen LogP contribution >= 0.6 is 0 Å². The summed E-state index contributed by atoms with van der Waals surface area (Å²) >= 11 is 0. The van der Waals surface area contributed by atoms with Crippen LogP contribution in [0.5, 0.6) is 0 Å². The molecule has 1 aromatic heterocycles. The average molecular weight is 605 g/mol. The molecule has 1 fully saturated rings. The molecule has 0 radical (unpaired) electrons. The van der Waals surface area contributed by atoms with Gasteiger partial charge < -0.3 is 19.9 Å². The molecule has 3 heterocycles. The molecule has 3 amide bonds. The van der Waals surface area contributed by atoms with Gasteiger partial charge in [-0.25, -0.2) is 9.59 Å². The van der Waals surface area contributed by atoms with Crippen molar-refractivity contribution < 1.29 is 51.4 Å². The number of aromatic nitrogens is 2. The first kappa shape index (κ1) is 29.5. The Balaban J connectivity index is 1.33. The lowest BCUT2D eigenvalue weighted by Gasteiger charge is -2.34. The number of carbonyl (C=O) groups is 4. The number of anilines is 2. The first-order valence-electron chi connectivity index (χ1n) is 12.6. The molecular formula is C26H22F3N5O9. The first-order chi connectivity index (χ1) is 20.4. The molecule has 2 aliphatic rings. The maximum absolute atomic E-state index is 13.5. The molecule has 17 heteroatoms. The topological polar surface area (TPSA) is 173 Å². The molecule has 0 saturated carbocycles. The number of carbonyl (C=O) groups excluding carboxylic acids is 4. The van der Waals surface area contributed by atoms with Crippen molar-refractivity contribution in [3.63, 3.8) is 0 Å². The molecule has 0 unspecified atom stereocenters. The number of hydrogen-bond acceptors (Lipinski definition) is 10. The summed E-state index contributed by atoms with van der Waals surface area (Å²) in [4.78, 5) is 75.8. The van der Waals surface area contributed by atoms with E-state index in [1.807, 2.05) is 0 Å². The van der Waals surface area contributed by atoms with Crippen LogP contribution in [0.25, 0.3) is 11.4 Å². The number of hydrogen-bond donors (Lipinski definition) is 2. The predicted octanol–water partition coefficient (Wildman–Crippen LogP) is 1.78. The number of amides is 3. The van der Waals surface area contributed by atoms with Gasteiger partial charge in [0.15, 0.2) is 11.9 Å². The van der Waals surface area contributed by atoms with E-state index in [1.165, 1.54) is 47.4 Å². The average Bonchev–Trinajstić information content (AvgIpc) is 3.51. The van der Waals surface area contributed by atoms with Crippen molar-refractivity contribution in [2.24, 2.45) is 0 Å². The number of H-pyrrole nitrogens is 1. The SMILES string of the molecule is CC(=O)OO[C@@H](C(=O)Nc1ccc(-c2noc(=O)[nH]2)cc1)[C@H]1OCCN(c2ccc3c(c2)C(=O)N(CC(F)(F)F)C3)C1=O. The fourth-order valence-corrected chi connectivity index (χ4v) is 4.57. The summed E-state index contributed by atoms with van der Waals surface area (Å²) < 4.78 is 48.7. The Kier molecular flexibility index (Phi) is 8.01. The maximum atomic E-state index is 13.5. The van der Waals surface area contributed by atoms with Gasteiger partial charge in [-0.1, -0.05) is 11.2 Å². The van der Waals surface area contributed by atoms with E-state index in [4.69, 9.17) is 9.62 Å². The zero-order valence-corrected chi connectivity index (χ0v) is 22.2. The third-order valence-electron chi connectivity index (χ3n) is 6.44. The maximum Gasteiger partial charge on any atom is 0.439 e. The highest BCUT2D eigenvalue weighted by Gasteiger charge is 2.44. The molecule has 43 heavy (non-hydrogen) atoms. The predicted molar refractivity (Wildman–Crippen MR) is 137 cm³/mol. The van der Waals surface area contributed by atoms with Crippen LogP contribution in [0.4, 0.5) is 24.5 Å². The minimum absolute atomic E-state index is 0.0118. The lowest BCUT2D eigenvalue weighted by atomic mass is 10.1. The van der Waals surface area contributed by atoms with Gasteiger partial charge >= 0.3 is 17.9 Å². The van der Waals surface area contributed by atoms with E-state index in [9.17, 15) is 37.1 Å². The van der Waals surface area contributed by atoms with E-state index < -0.39 is 54.4 Å². The fraction of sp³-hybridized carbons (Fsp3) is 0.308. The van der Waals surface area contributed by atoms with Gasteiger partial charge in [-0.2, -0.15) is 18.1 Å². The van der Waals surface area contributed by atoms with Gasteiger partial charge in [0.25, 0.3) is 17.7 Å². The van der Waals surface area contributed by atoms with Crippen LogP contribution in [0.15, 0.2) is 51.8 Å². The van der Waals surface area contributed by atoms with Gasteiger partial charge in [-0.3, -0.25) is 28.8 Å². The Morgan fingerprint density at radius 2 is 1.91 bits per heavy atom. The lowest BCUT2D eigenvalue weighted by Crippen LogP contribution is -2.56. The molecule has 5 rings (SSSR count). The second-order valence-electron chi connectivity index (χ2n) is 9.50. The molecular weight excluding hydrogens is 583 g/mol. The van der Waals surface area contributed by atoms with E-state index in [2.05, 4.69) is 24.9 Å². The standard InChI is InChI=1S/C26H22F3N5O9/c1-13(35)42-43-19(22(36)30-16-5-2-14(3-6-16)21-31-25(39)41-32-21)20-24(38)34(8-9-40-20)17-7-4-15-11-33(12-26(27,28)29)23(37)18(15)10-17/h2-7,10,19-20H,8-9,11-12H2,1H3,(H,30,36)(H,31,32,39)/t19-,20-/m1/s1. The van der Waals surface area contributed by atoms with Crippen LogP contribution in [-0.2, 0) is 35.4 Å². The summed E-state index contributed by atoms with van der Waals surface area (Å²) in [6.07, 6.45) is -7.98. The van der Waals surface area contributed by atoms with E-state index in [1.54, 1.807) is 0 Å². The summed E-state index contributed by atoms with van der Waals surface area (Å²) in [5.74, 6) is -4.05. The number of nitrogens with zero attached hydrogens (tertiary/aromatic N) is 3. The summed E-state index contributed by atoms with van der Waals surface area (Å²) in [7, 11) is 0. The summed E-state index contributed by atoms with van der Waals surface area (Å²) in [5, 5.41) is 6.09. The first-order valence-corrected chi connectivity index (χ1v) is 12.6. The molecule has 226 valence electrons. The number of nitrogens with one attached hydrogen (secondary N) is 2. The highest BCUT2D eigenvalue weighted by Crippen LogP contribution is 2.31. The van der Waals surface area contributed by atoms with Gasteiger partial charge in [0.2, 0.25) is 6.10 Å². The summed E-state index contributed by atoms with van der Waals surface area (Å²) in [6.45, 7) is -0.742. The highest BCUT2D eigenvalue weighted by molar-refractivity contribution is 6.05. The Morgan fingerprint density at radius 3 is 2.56 bits per heavy atom. The van der Waals surface area contributed by atoms with Crippen molar-refractivity contribution in [1.29, 1.82) is 0 Å². The smallest absolute Gasteiger partial charge is 0.363 e. The van der Waals surface area contributed by atoms with Crippen molar-refractivity contribution in [2.75, 3.05) is 29.9 Å². The van der Waals surface area contributed by atoms with Crippen molar-refractivity contribution in [1.82, 2.24) is 15.0 Å². The van der Waals surface area contributed by atoms with Gasteiger partial charge in [-0.05, 0) is 42.0 Å². The summed E-state index contributed by atoms with van der Waals surface area (Å²) in [5.41, 5.74) is 1.27. The number of morpholine rings is 1. The molecule has 0 bridgehead atoms. The zero-order chi connectivity index (χ0) is 30.9. The minimum atomic E-state index is -4.58. The van der Waals surface area contributed by atoms with Gasteiger partial charge in [0, 0.05) is 42.5 Å². The third kappa shape index (κ3) is 6.57. The number of rotatable bonds is 8. The third-order valence-corrected chi connectivity index (χ3v) is 6.44. The molecule has 1 saturated heterocycles. The lowest BCUT2D eigenvalue weighted by molar-refractivity contribution is -0.302. The van der Waals surface area contributed by atoms with Crippen molar-refractivity contribution in [3.05, 3.63) is 64.1 Å². The fourth-order valence-electron chi connectivity index (χ4n) is 4.57. The number of aromatic amines is 1. The second kappa shape index (κ2) is 11.7. The van der Waals surface area contributed by atoms with E-state index in [-0.39, 0.29) is 42.5 Å². The quantitative estimate of drug-likeness (QED) is 0.285. The zero-order valence-electron chi connectivity index (χ0n) is 22.2. The minimum Gasteiger partial charge on any atom is -0.363 e. The molecule has 0 aliphatic carbocycles. The summed E-state index contributed by atoms with van der Waals surface area (Å²) in [6, 6.07) is 10.2. The second-order valence-corrected chi connectivity index (χ2v) is 9.50. The van der Waals surface area contributed by atoms with Gasteiger partial charge in [0.1, 0.15) is 6.54 Å². The van der Waals surface area contributed by atoms with Crippen molar-refractivity contribution in [3.8, 4) is 11.4 Å². The van der Waals surface area contributed by atoms with Crippen LogP contribution < -0.4 is 16.0 Å². The number of alkyl halides is 3. The van der Waals surface area contributed by atoms with Crippen LogP contribution in [0, 0.1) is 0 Å². The van der Waals surface area contributed by atoms with E-state index in [0.29, 0.717) is 16.0 Å². The molecule has 2 N–H and O–H groups in total. The Morgan fingerprint density at radius 1 is 1.16 bits per heavy atom. The van der Waals surface area contributed by atoms with Crippen LogP contribution in [-0.4, -0.2) is 76.8 Å². The number of fused-ring (bicyclic) bond motifs is 1.